The number of furan rings is 1. The van der Waals surface area contributed by atoms with E-state index >= 15 is 0 Å². The fourth-order valence-corrected chi connectivity index (χ4v) is 4.03. The molecule has 3 heteroatoms. The number of hydrogen-bond donors (Lipinski definition) is 0. The van der Waals surface area contributed by atoms with E-state index in [2.05, 4.69) is 79.2 Å². The van der Waals surface area contributed by atoms with E-state index in [9.17, 15) is 0 Å². The Bertz CT molecular complexity index is 1310. The predicted octanol–water partition coefficient (Wildman–Crippen LogP) is 7.07. The van der Waals surface area contributed by atoms with E-state index in [-0.39, 0.29) is 5.54 Å². The van der Waals surface area contributed by atoms with Crippen LogP contribution in [0.3, 0.4) is 0 Å². The van der Waals surface area contributed by atoms with Crippen molar-refractivity contribution in [2.75, 3.05) is 4.90 Å². The Balaban J connectivity index is 1.81. The Morgan fingerprint density at radius 2 is 1.64 bits per heavy atom. The molecule has 28 heavy (non-hydrogen) atoms. The summed E-state index contributed by atoms with van der Waals surface area (Å²) in [5.41, 5.74) is 5.01. The molecule has 5 rings (SSSR count). The maximum atomic E-state index is 6.13. The number of pyridine rings is 1. The molecule has 2 heterocycles. The van der Waals surface area contributed by atoms with Crippen LogP contribution in [0.25, 0.3) is 32.8 Å². The third kappa shape index (κ3) is 2.63. The van der Waals surface area contributed by atoms with Crippen molar-refractivity contribution in [2.24, 2.45) is 0 Å². The molecule has 5 aromatic rings. The van der Waals surface area contributed by atoms with Gasteiger partial charge in [0.05, 0.1) is 16.6 Å². The minimum absolute atomic E-state index is 0.122. The van der Waals surface area contributed by atoms with Gasteiger partial charge in [-0.2, -0.15) is 0 Å². The maximum Gasteiger partial charge on any atom is 0.137 e. The van der Waals surface area contributed by atoms with Crippen molar-refractivity contribution < 1.29 is 4.42 Å². The van der Waals surface area contributed by atoms with Crippen molar-refractivity contribution in [3.63, 3.8) is 0 Å². The SMILES string of the molecule is CC(C)(C)N(c1ccc2ncccc2c1)c1cccc2oc3ccccc3c12. The predicted molar refractivity (Wildman–Crippen MR) is 117 cm³/mol. The highest BCUT2D eigenvalue weighted by Gasteiger charge is 2.26. The lowest BCUT2D eigenvalue weighted by atomic mass is 10.00. The molecule has 0 aliphatic carbocycles. The fourth-order valence-electron chi connectivity index (χ4n) is 4.03. The van der Waals surface area contributed by atoms with Crippen LogP contribution < -0.4 is 4.90 Å². The van der Waals surface area contributed by atoms with Gasteiger partial charge in [-0.1, -0.05) is 30.3 Å². The van der Waals surface area contributed by atoms with Crippen LogP contribution in [-0.2, 0) is 0 Å². The molecule has 0 aliphatic heterocycles. The van der Waals surface area contributed by atoms with Gasteiger partial charge in [0.1, 0.15) is 11.2 Å². The molecule has 0 spiro atoms. The van der Waals surface area contributed by atoms with Gasteiger partial charge in [0.25, 0.3) is 0 Å². The van der Waals surface area contributed by atoms with Crippen LogP contribution in [0.5, 0.6) is 0 Å². The zero-order valence-corrected chi connectivity index (χ0v) is 16.3. The first-order valence-corrected chi connectivity index (χ1v) is 9.58. The van der Waals surface area contributed by atoms with Crippen molar-refractivity contribution in [1.29, 1.82) is 0 Å². The molecule has 0 bridgehead atoms. The van der Waals surface area contributed by atoms with Crippen LogP contribution >= 0.6 is 0 Å². The van der Waals surface area contributed by atoms with Gasteiger partial charge in [-0.05, 0) is 63.2 Å². The van der Waals surface area contributed by atoms with Crippen LogP contribution in [0, 0.1) is 0 Å². The van der Waals surface area contributed by atoms with Crippen molar-refractivity contribution in [2.45, 2.75) is 26.3 Å². The lowest BCUT2D eigenvalue weighted by Crippen LogP contribution is -2.37. The second-order valence-corrected chi connectivity index (χ2v) is 8.14. The minimum Gasteiger partial charge on any atom is -0.456 e. The van der Waals surface area contributed by atoms with E-state index in [1.54, 1.807) is 0 Å². The quantitative estimate of drug-likeness (QED) is 0.334. The number of hydrogen-bond acceptors (Lipinski definition) is 3. The van der Waals surface area contributed by atoms with Crippen molar-refractivity contribution in [3.8, 4) is 0 Å². The molecule has 138 valence electrons. The standard InChI is InChI=1S/C25H22N2O/c1-25(2,3)27(18-13-14-20-17(16-18)8-7-15-26-20)21-10-6-12-23-24(21)19-9-4-5-11-22(19)28-23/h4-16H,1-3H3. The Morgan fingerprint density at radius 1 is 0.821 bits per heavy atom. The first kappa shape index (κ1) is 16.8. The Kier molecular flexibility index (Phi) is 3.66. The summed E-state index contributed by atoms with van der Waals surface area (Å²) in [7, 11) is 0. The van der Waals surface area contributed by atoms with E-state index in [4.69, 9.17) is 4.42 Å². The highest BCUT2D eigenvalue weighted by molar-refractivity contribution is 6.12. The first-order chi connectivity index (χ1) is 13.5. The molecule has 3 aromatic carbocycles. The van der Waals surface area contributed by atoms with E-state index in [0.717, 1.165) is 44.2 Å². The van der Waals surface area contributed by atoms with Crippen molar-refractivity contribution >= 4 is 44.2 Å². The topological polar surface area (TPSA) is 29.3 Å². The van der Waals surface area contributed by atoms with Gasteiger partial charge in [0, 0.05) is 28.2 Å². The average Bonchev–Trinajstić information content (AvgIpc) is 3.06. The molecule has 0 atom stereocenters. The van der Waals surface area contributed by atoms with Crippen molar-refractivity contribution in [1.82, 2.24) is 4.98 Å². The molecule has 0 aliphatic rings. The zero-order chi connectivity index (χ0) is 19.3. The van der Waals surface area contributed by atoms with E-state index in [1.165, 1.54) is 0 Å². The Hall–Kier alpha value is -3.33. The number of para-hydroxylation sites is 1. The molecule has 0 amide bonds. The first-order valence-electron chi connectivity index (χ1n) is 9.58. The van der Waals surface area contributed by atoms with Crippen molar-refractivity contribution in [3.05, 3.63) is 79.0 Å². The second-order valence-electron chi connectivity index (χ2n) is 8.14. The molecule has 0 saturated heterocycles. The van der Waals surface area contributed by atoms with Gasteiger partial charge in [-0.3, -0.25) is 4.98 Å². The molecule has 0 saturated carbocycles. The molecule has 0 fully saturated rings. The summed E-state index contributed by atoms with van der Waals surface area (Å²) < 4.78 is 6.13. The monoisotopic (exact) mass is 366 g/mol. The lowest BCUT2D eigenvalue weighted by Gasteiger charge is -2.38. The summed E-state index contributed by atoms with van der Waals surface area (Å²) in [5.74, 6) is 0. The summed E-state index contributed by atoms with van der Waals surface area (Å²) in [5, 5.41) is 3.43. The Morgan fingerprint density at radius 3 is 2.50 bits per heavy atom. The van der Waals surface area contributed by atoms with Gasteiger partial charge < -0.3 is 9.32 Å². The summed E-state index contributed by atoms with van der Waals surface area (Å²) in [6, 6.07) is 25.1. The molecule has 0 unspecified atom stereocenters. The molecule has 0 radical (unpaired) electrons. The van der Waals surface area contributed by atoms with Gasteiger partial charge in [-0.15, -0.1) is 0 Å². The number of nitrogens with zero attached hydrogens (tertiary/aromatic N) is 2. The smallest absolute Gasteiger partial charge is 0.137 e. The van der Waals surface area contributed by atoms with Crippen LogP contribution in [0.15, 0.2) is 83.4 Å². The fraction of sp³-hybridized carbons (Fsp3) is 0.160. The molecule has 0 N–H and O–H groups in total. The molecule has 2 aromatic heterocycles. The number of rotatable bonds is 2. The largest absolute Gasteiger partial charge is 0.456 e. The van der Waals surface area contributed by atoms with E-state index < -0.39 is 0 Å². The summed E-state index contributed by atoms with van der Waals surface area (Å²) >= 11 is 0. The molecular formula is C25H22N2O. The third-order valence-electron chi connectivity index (χ3n) is 5.14. The van der Waals surface area contributed by atoms with Crippen LogP contribution in [0.4, 0.5) is 11.4 Å². The maximum absolute atomic E-state index is 6.13. The van der Waals surface area contributed by atoms with E-state index in [0.29, 0.717) is 0 Å². The zero-order valence-electron chi connectivity index (χ0n) is 16.3. The van der Waals surface area contributed by atoms with Gasteiger partial charge >= 0.3 is 0 Å². The van der Waals surface area contributed by atoms with E-state index in [1.807, 2.05) is 30.5 Å². The van der Waals surface area contributed by atoms with Crippen LogP contribution in [0.1, 0.15) is 20.8 Å². The summed E-state index contributed by atoms with van der Waals surface area (Å²) in [6.45, 7) is 6.71. The summed E-state index contributed by atoms with van der Waals surface area (Å²) in [6.07, 6.45) is 1.84. The second kappa shape index (κ2) is 6.10. The number of benzene rings is 3. The highest BCUT2D eigenvalue weighted by Crippen LogP contribution is 2.42. The van der Waals surface area contributed by atoms with Gasteiger partial charge in [0.2, 0.25) is 0 Å². The number of anilines is 2. The Labute approximate surface area is 164 Å². The van der Waals surface area contributed by atoms with Gasteiger partial charge in [-0.25, -0.2) is 0 Å². The van der Waals surface area contributed by atoms with Crippen LogP contribution in [0.2, 0.25) is 0 Å². The number of aromatic nitrogens is 1. The normalized spacial score (nSPS) is 12.1. The number of fused-ring (bicyclic) bond motifs is 4. The summed E-state index contributed by atoms with van der Waals surface area (Å²) in [4.78, 5) is 6.86. The average molecular weight is 366 g/mol. The highest BCUT2D eigenvalue weighted by atomic mass is 16.3. The third-order valence-corrected chi connectivity index (χ3v) is 5.14. The lowest BCUT2D eigenvalue weighted by molar-refractivity contribution is 0.561. The van der Waals surface area contributed by atoms with Gasteiger partial charge in [0.15, 0.2) is 0 Å². The van der Waals surface area contributed by atoms with Crippen LogP contribution in [-0.4, -0.2) is 10.5 Å². The minimum atomic E-state index is -0.122. The molecule has 3 nitrogen and oxygen atoms in total. The molecular weight excluding hydrogens is 344 g/mol.